The van der Waals surface area contributed by atoms with Gasteiger partial charge in [0.2, 0.25) is 10.0 Å². The number of rotatable bonds is 5. The minimum atomic E-state index is -3.51. The van der Waals surface area contributed by atoms with Gasteiger partial charge in [-0.2, -0.15) is 0 Å². The van der Waals surface area contributed by atoms with Crippen LogP contribution in [0.4, 0.5) is 5.69 Å². The Bertz CT molecular complexity index is 542. The second kappa shape index (κ2) is 6.21. The topological polar surface area (TPSA) is 75.4 Å². The molecule has 1 aliphatic heterocycles. The van der Waals surface area contributed by atoms with Gasteiger partial charge in [0.15, 0.2) is 0 Å². The molecule has 7 heteroatoms. The van der Waals surface area contributed by atoms with Crippen LogP contribution in [0, 0.1) is 0 Å². The third kappa shape index (κ3) is 3.92. The van der Waals surface area contributed by atoms with Crippen molar-refractivity contribution in [3.05, 3.63) is 22.7 Å². The summed E-state index contributed by atoms with van der Waals surface area (Å²) in [6.45, 7) is 3.29. The van der Waals surface area contributed by atoms with Crippen molar-refractivity contribution in [2.45, 2.75) is 17.7 Å². The first-order valence-corrected chi connectivity index (χ1v) is 8.54. The van der Waals surface area contributed by atoms with Crippen LogP contribution in [-0.2, 0) is 10.0 Å². The van der Waals surface area contributed by atoms with E-state index >= 15 is 0 Å². The molecule has 1 aliphatic rings. The molecular formula is C12H18BrN3O2S. The molecular weight excluding hydrogens is 330 g/mol. The van der Waals surface area contributed by atoms with Gasteiger partial charge >= 0.3 is 0 Å². The molecule has 0 atom stereocenters. The number of nitrogens with two attached hydrogens (primary N) is 1. The first kappa shape index (κ1) is 14.8. The SMILES string of the molecule is Nc1ccc(Br)c(S(=O)(=O)NCCN2CCCC2)c1. The highest BCUT2D eigenvalue weighted by Crippen LogP contribution is 2.23. The Balaban J connectivity index is 1.99. The molecule has 0 bridgehead atoms. The molecule has 0 unspecified atom stereocenters. The van der Waals surface area contributed by atoms with Crippen LogP contribution in [-0.4, -0.2) is 39.5 Å². The van der Waals surface area contributed by atoms with E-state index in [0.717, 1.165) is 19.6 Å². The van der Waals surface area contributed by atoms with E-state index in [9.17, 15) is 8.42 Å². The van der Waals surface area contributed by atoms with Crippen LogP contribution < -0.4 is 10.5 Å². The molecule has 2 rings (SSSR count). The number of benzene rings is 1. The smallest absolute Gasteiger partial charge is 0.241 e. The van der Waals surface area contributed by atoms with Gasteiger partial charge in [-0.3, -0.25) is 0 Å². The fraction of sp³-hybridized carbons (Fsp3) is 0.500. The standard InChI is InChI=1S/C12H18BrN3O2S/c13-11-4-3-10(14)9-12(11)19(17,18)15-5-8-16-6-1-2-7-16/h3-4,9,15H,1-2,5-8,14H2. The Morgan fingerprint density at radius 1 is 1.32 bits per heavy atom. The maximum atomic E-state index is 12.2. The summed E-state index contributed by atoms with van der Waals surface area (Å²) in [6.07, 6.45) is 2.40. The lowest BCUT2D eigenvalue weighted by atomic mass is 10.3. The van der Waals surface area contributed by atoms with E-state index in [-0.39, 0.29) is 4.90 Å². The Labute approximate surface area is 122 Å². The number of anilines is 1. The van der Waals surface area contributed by atoms with Crippen LogP contribution in [0.15, 0.2) is 27.6 Å². The second-order valence-electron chi connectivity index (χ2n) is 4.64. The van der Waals surface area contributed by atoms with E-state index in [1.807, 2.05) is 0 Å². The summed E-state index contributed by atoms with van der Waals surface area (Å²) < 4.78 is 27.5. The molecule has 1 saturated heterocycles. The van der Waals surface area contributed by atoms with Crippen LogP contribution in [0.1, 0.15) is 12.8 Å². The van der Waals surface area contributed by atoms with Gasteiger partial charge in [-0.15, -0.1) is 0 Å². The van der Waals surface area contributed by atoms with E-state index in [1.165, 1.54) is 18.9 Å². The maximum absolute atomic E-state index is 12.2. The van der Waals surface area contributed by atoms with Crippen molar-refractivity contribution in [2.24, 2.45) is 0 Å². The molecule has 0 aromatic heterocycles. The van der Waals surface area contributed by atoms with Crippen LogP contribution in [0.5, 0.6) is 0 Å². The largest absolute Gasteiger partial charge is 0.399 e. The number of nitrogens with one attached hydrogen (secondary N) is 1. The van der Waals surface area contributed by atoms with Crippen molar-refractivity contribution >= 4 is 31.6 Å². The van der Waals surface area contributed by atoms with Crippen molar-refractivity contribution in [2.75, 3.05) is 31.9 Å². The number of likely N-dealkylation sites (tertiary alicyclic amines) is 1. The van der Waals surface area contributed by atoms with Gasteiger partial charge in [0, 0.05) is 23.2 Å². The van der Waals surface area contributed by atoms with Gasteiger partial charge in [0.05, 0.1) is 4.90 Å². The first-order chi connectivity index (χ1) is 8.99. The normalized spacial score (nSPS) is 16.9. The van der Waals surface area contributed by atoms with Crippen molar-refractivity contribution in [3.8, 4) is 0 Å². The average Bonchev–Trinajstić information content (AvgIpc) is 2.85. The van der Waals surface area contributed by atoms with Crippen molar-refractivity contribution in [1.82, 2.24) is 9.62 Å². The molecule has 1 aromatic carbocycles. The highest BCUT2D eigenvalue weighted by molar-refractivity contribution is 9.10. The lowest BCUT2D eigenvalue weighted by molar-refractivity contribution is 0.344. The summed E-state index contributed by atoms with van der Waals surface area (Å²) in [7, 11) is -3.51. The number of nitrogen functional groups attached to an aromatic ring is 1. The highest BCUT2D eigenvalue weighted by Gasteiger charge is 2.18. The summed E-state index contributed by atoms with van der Waals surface area (Å²) in [4.78, 5) is 2.45. The molecule has 106 valence electrons. The van der Waals surface area contributed by atoms with E-state index in [4.69, 9.17) is 5.73 Å². The molecule has 0 spiro atoms. The number of hydrogen-bond acceptors (Lipinski definition) is 4. The second-order valence-corrected chi connectivity index (χ2v) is 7.23. The van der Waals surface area contributed by atoms with E-state index in [1.54, 1.807) is 12.1 Å². The molecule has 0 radical (unpaired) electrons. The van der Waals surface area contributed by atoms with Crippen molar-refractivity contribution in [3.63, 3.8) is 0 Å². The van der Waals surface area contributed by atoms with Gasteiger partial charge in [-0.05, 0) is 60.1 Å². The fourth-order valence-electron chi connectivity index (χ4n) is 2.15. The predicted octanol–water partition coefficient (Wildman–Crippen LogP) is 1.41. The summed E-state index contributed by atoms with van der Waals surface area (Å²) in [6, 6.07) is 4.76. The lowest BCUT2D eigenvalue weighted by Gasteiger charge is -2.15. The zero-order valence-corrected chi connectivity index (χ0v) is 13.0. The Hall–Kier alpha value is -0.630. The first-order valence-electron chi connectivity index (χ1n) is 6.26. The number of halogens is 1. The minimum Gasteiger partial charge on any atom is -0.399 e. The molecule has 0 aliphatic carbocycles. The molecule has 1 heterocycles. The monoisotopic (exact) mass is 347 g/mol. The summed E-state index contributed by atoms with van der Waals surface area (Å²) in [5, 5.41) is 0. The van der Waals surface area contributed by atoms with Gasteiger partial charge in [-0.25, -0.2) is 13.1 Å². The molecule has 5 nitrogen and oxygen atoms in total. The third-order valence-electron chi connectivity index (χ3n) is 3.16. The maximum Gasteiger partial charge on any atom is 0.241 e. The van der Waals surface area contributed by atoms with Crippen LogP contribution in [0.2, 0.25) is 0 Å². The highest BCUT2D eigenvalue weighted by atomic mass is 79.9. The van der Waals surface area contributed by atoms with Crippen LogP contribution in [0.25, 0.3) is 0 Å². The lowest BCUT2D eigenvalue weighted by Crippen LogP contribution is -2.33. The third-order valence-corrected chi connectivity index (χ3v) is 5.62. The molecule has 3 N–H and O–H groups in total. The number of sulfonamides is 1. The summed E-state index contributed by atoms with van der Waals surface area (Å²) >= 11 is 3.24. The van der Waals surface area contributed by atoms with Crippen LogP contribution >= 0.6 is 15.9 Å². The predicted molar refractivity (Wildman–Crippen MR) is 79.4 cm³/mol. The number of hydrogen-bond donors (Lipinski definition) is 2. The van der Waals surface area contributed by atoms with Crippen molar-refractivity contribution < 1.29 is 8.42 Å². The molecule has 19 heavy (non-hydrogen) atoms. The van der Waals surface area contributed by atoms with E-state index in [2.05, 4.69) is 25.6 Å². The average molecular weight is 348 g/mol. The van der Waals surface area contributed by atoms with E-state index < -0.39 is 10.0 Å². The van der Waals surface area contributed by atoms with E-state index in [0.29, 0.717) is 16.7 Å². The quantitative estimate of drug-likeness (QED) is 0.789. The molecule has 1 aromatic rings. The Morgan fingerprint density at radius 2 is 2.00 bits per heavy atom. The van der Waals surface area contributed by atoms with Gasteiger partial charge in [-0.1, -0.05) is 0 Å². The number of nitrogens with zero attached hydrogens (tertiary/aromatic N) is 1. The fourth-order valence-corrected chi connectivity index (χ4v) is 4.17. The van der Waals surface area contributed by atoms with Crippen molar-refractivity contribution in [1.29, 1.82) is 0 Å². The summed E-state index contributed by atoms with van der Waals surface area (Å²) in [5.74, 6) is 0. The minimum absolute atomic E-state index is 0.189. The zero-order valence-electron chi connectivity index (χ0n) is 10.6. The Morgan fingerprint density at radius 3 is 2.68 bits per heavy atom. The molecule has 1 fully saturated rings. The summed E-state index contributed by atoms with van der Waals surface area (Å²) in [5.41, 5.74) is 6.06. The molecule has 0 amide bonds. The molecule has 0 saturated carbocycles. The van der Waals surface area contributed by atoms with Gasteiger partial charge in [0.1, 0.15) is 0 Å². The van der Waals surface area contributed by atoms with Gasteiger partial charge in [0.25, 0.3) is 0 Å². The zero-order chi connectivity index (χ0) is 13.9. The Kier molecular flexibility index (Phi) is 4.83. The van der Waals surface area contributed by atoms with Crippen LogP contribution in [0.3, 0.4) is 0 Å². The van der Waals surface area contributed by atoms with Gasteiger partial charge < -0.3 is 10.6 Å².